The first kappa shape index (κ1) is 14.5. The molecule has 0 spiro atoms. The van der Waals surface area contributed by atoms with Crippen molar-refractivity contribution in [1.82, 2.24) is 14.8 Å². The summed E-state index contributed by atoms with van der Waals surface area (Å²) >= 11 is 1.75. The van der Waals surface area contributed by atoms with Crippen molar-refractivity contribution in [2.24, 2.45) is 5.92 Å². The van der Waals surface area contributed by atoms with Gasteiger partial charge in [0.2, 0.25) is 0 Å². The average molecular weight is 328 g/mol. The highest BCUT2D eigenvalue weighted by Gasteiger charge is 2.29. The van der Waals surface area contributed by atoms with E-state index in [9.17, 15) is 0 Å². The first-order valence-electron chi connectivity index (χ1n) is 7.98. The maximum Gasteiger partial charge on any atom is 0.186 e. The second-order valence-corrected chi connectivity index (χ2v) is 7.08. The van der Waals surface area contributed by atoms with Gasteiger partial charge in [-0.15, -0.1) is 0 Å². The highest BCUT2D eigenvalue weighted by molar-refractivity contribution is 7.22. The second kappa shape index (κ2) is 5.85. The molecule has 0 amide bonds. The highest BCUT2D eigenvalue weighted by Crippen LogP contribution is 2.34. The largest absolute Gasteiger partial charge is 0.494 e. The van der Waals surface area contributed by atoms with Crippen LogP contribution < -0.4 is 9.64 Å². The van der Waals surface area contributed by atoms with E-state index in [0.29, 0.717) is 12.5 Å². The van der Waals surface area contributed by atoms with E-state index in [2.05, 4.69) is 29.2 Å². The fourth-order valence-corrected chi connectivity index (χ4v) is 3.97. The standard InChI is InChI=1S/C17H20N4OS/c1-3-22-14-4-5-15-16(6-14)23-17(19-15)20-9-13(10-20)11-21-8-12(2)7-18-21/h4-8,13H,3,9-11H2,1-2H3. The molecule has 1 fully saturated rings. The molecule has 5 nitrogen and oxygen atoms in total. The lowest BCUT2D eigenvalue weighted by Crippen LogP contribution is -2.48. The molecule has 0 bridgehead atoms. The van der Waals surface area contributed by atoms with Gasteiger partial charge in [0.25, 0.3) is 0 Å². The summed E-state index contributed by atoms with van der Waals surface area (Å²) in [5.74, 6) is 1.58. The number of benzene rings is 1. The molecule has 6 heteroatoms. The van der Waals surface area contributed by atoms with E-state index in [-0.39, 0.29) is 0 Å². The van der Waals surface area contributed by atoms with Gasteiger partial charge in [-0.1, -0.05) is 11.3 Å². The van der Waals surface area contributed by atoms with Crippen LogP contribution in [0.15, 0.2) is 30.6 Å². The number of rotatable bonds is 5. The van der Waals surface area contributed by atoms with E-state index in [4.69, 9.17) is 9.72 Å². The third-order valence-electron chi connectivity index (χ3n) is 4.09. The first-order valence-corrected chi connectivity index (χ1v) is 8.80. The predicted molar refractivity (Wildman–Crippen MR) is 93.5 cm³/mol. The lowest BCUT2D eigenvalue weighted by molar-refractivity contribution is 0.341. The molecule has 1 aliphatic rings. The molecule has 1 aliphatic heterocycles. The minimum Gasteiger partial charge on any atom is -0.494 e. The molecule has 0 unspecified atom stereocenters. The Balaban J connectivity index is 1.42. The van der Waals surface area contributed by atoms with Crippen LogP contribution in [0.5, 0.6) is 5.75 Å². The third kappa shape index (κ3) is 2.91. The lowest BCUT2D eigenvalue weighted by atomic mass is 10.0. The number of aryl methyl sites for hydroxylation is 1. The van der Waals surface area contributed by atoms with Crippen molar-refractivity contribution in [3.05, 3.63) is 36.2 Å². The Morgan fingerprint density at radius 2 is 2.22 bits per heavy atom. The van der Waals surface area contributed by atoms with Gasteiger partial charge in [-0.05, 0) is 37.6 Å². The van der Waals surface area contributed by atoms with Crippen molar-refractivity contribution >= 4 is 26.7 Å². The van der Waals surface area contributed by atoms with Crippen LogP contribution in [-0.2, 0) is 6.54 Å². The molecule has 1 aromatic carbocycles. The van der Waals surface area contributed by atoms with Crippen molar-refractivity contribution < 1.29 is 4.74 Å². The molecule has 120 valence electrons. The Morgan fingerprint density at radius 1 is 1.35 bits per heavy atom. The number of anilines is 1. The molecule has 0 saturated carbocycles. The maximum atomic E-state index is 5.57. The molecule has 0 atom stereocenters. The van der Waals surface area contributed by atoms with E-state index in [1.165, 1.54) is 10.3 Å². The molecule has 23 heavy (non-hydrogen) atoms. The summed E-state index contributed by atoms with van der Waals surface area (Å²) in [5.41, 5.74) is 2.28. The monoisotopic (exact) mass is 328 g/mol. The van der Waals surface area contributed by atoms with Crippen molar-refractivity contribution in [3.8, 4) is 5.75 Å². The predicted octanol–water partition coefficient (Wildman–Crippen LogP) is 3.34. The van der Waals surface area contributed by atoms with Crippen molar-refractivity contribution in [2.75, 3.05) is 24.6 Å². The summed E-state index contributed by atoms with van der Waals surface area (Å²) in [5, 5.41) is 5.48. The van der Waals surface area contributed by atoms with Gasteiger partial charge >= 0.3 is 0 Å². The van der Waals surface area contributed by atoms with Gasteiger partial charge in [0.1, 0.15) is 5.75 Å². The topological polar surface area (TPSA) is 43.2 Å². The number of ether oxygens (including phenoxy) is 1. The van der Waals surface area contributed by atoms with Crippen molar-refractivity contribution in [2.45, 2.75) is 20.4 Å². The molecule has 1 saturated heterocycles. The zero-order chi connectivity index (χ0) is 15.8. The normalized spacial score (nSPS) is 15.1. The van der Waals surface area contributed by atoms with Gasteiger partial charge in [0, 0.05) is 31.7 Å². The SMILES string of the molecule is CCOc1ccc2nc(N3CC(Cn4cc(C)cn4)C3)sc2c1. The fraction of sp³-hybridized carbons (Fsp3) is 0.412. The lowest BCUT2D eigenvalue weighted by Gasteiger charge is -2.39. The molecule has 0 aliphatic carbocycles. The molecule has 2 aromatic heterocycles. The number of thiazole rings is 1. The summed E-state index contributed by atoms with van der Waals surface area (Å²) < 4.78 is 8.80. The van der Waals surface area contributed by atoms with E-state index in [1.54, 1.807) is 11.3 Å². The number of aromatic nitrogens is 3. The third-order valence-corrected chi connectivity index (χ3v) is 5.17. The van der Waals surface area contributed by atoms with Crippen LogP contribution in [0.2, 0.25) is 0 Å². The van der Waals surface area contributed by atoms with Crippen LogP contribution in [0, 0.1) is 12.8 Å². The van der Waals surface area contributed by atoms with Gasteiger partial charge < -0.3 is 9.64 Å². The molecule has 3 heterocycles. The number of hydrogen-bond acceptors (Lipinski definition) is 5. The van der Waals surface area contributed by atoms with Crippen LogP contribution >= 0.6 is 11.3 Å². The zero-order valence-corrected chi connectivity index (χ0v) is 14.2. The number of fused-ring (bicyclic) bond motifs is 1. The Labute approximate surface area is 139 Å². The zero-order valence-electron chi connectivity index (χ0n) is 13.4. The van der Waals surface area contributed by atoms with Crippen LogP contribution in [0.1, 0.15) is 12.5 Å². The highest BCUT2D eigenvalue weighted by atomic mass is 32.1. The van der Waals surface area contributed by atoms with Crippen LogP contribution in [0.25, 0.3) is 10.2 Å². The van der Waals surface area contributed by atoms with Crippen molar-refractivity contribution in [3.63, 3.8) is 0 Å². The summed E-state index contributed by atoms with van der Waals surface area (Å²) in [4.78, 5) is 7.10. The van der Waals surface area contributed by atoms with Gasteiger partial charge in [-0.3, -0.25) is 4.68 Å². The second-order valence-electron chi connectivity index (χ2n) is 6.07. The van der Waals surface area contributed by atoms with Crippen LogP contribution in [0.3, 0.4) is 0 Å². The van der Waals surface area contributed by atoms with E-state index in [1.807, 2.05) is 29.9 Å². The molecular weight excluding hydrogens is 308 g/mol. The van der Waals surface area contributed by atoms with Crippen molar-refractivity contribution in [1.29, 1.82) is 0 Å². The Morgan fingerprint density at radius 3 is 2.96 bits per heavy atom. The number of hydrogen-bond donors (Lipinski definition) is 0. The Kier molecular flexibility index (Phi) is 3.69. The molecule has 3 aromatic rings. The van der Waals surface area contributed by atoms with E-state index < -0.39 is 0 Å². The molecule has 0 N–H and O–H groups in total. The summed E-state index contributed by atoms with van der Waals surface area (Å²) in [7, 11) is 0. The average Bonchev–Trinajstić information content (AvgIpc) is 3.08. The summed E-state index contributed by atoms with van der Waals surface area (Å²) in [6, 6.07) is 6.13. The minimum absolute atomic E-state index is 0.653. The first-order chi connectivity index (χ1) is 11.2. The quantitative estimate of drug-likeness (QED) is 0.720. The van der Waals surface area contributed by atoms with Gasteiger partial charge in [-0.2, -0.15) is 5.10 Å². The number of nitrogens with zero attached hydrogens (tertiary/aromatic N) is 4. The van der Waals surface area contributed by atoms with E-state index in [0.717, 1.165) is 36.0 Å². The minimum atomic E-state index is 0.653. The Hall–Kier alpha value is -2.08. The summed E-state index contributed by atoms with van der Waals surface area (Å²) in [6.07, 6.45) is 4.02. The fourth-order valence-electron chi connectivity index (χ4n) is 2.96. The van der Waals surface area contributed by atoms with Gasteiger partial charge in [0.15, 0.2) is 5.13 Å². The van der Waals surface area contributed by atoms with Crippen LogP contribution in [0.4, 0.5) is 5.13 Å². The maximum absolute atomic E-state index is 5.57. The Bertz CT molecular complexity index is 819. The summed E-state index contributed by atoms with van der Waals surface area (Å²) in [6.45, 7) is 7.87. The molecule has 0 radical (unpaired) electrons. The molecule has 4 rings (SSSR count). The van der Waals surface area contributed by atoms with E-state index >= 15 is 0 Å². The van der Waals surface area contributed by atoms with Gasteiger partial charge in [0.05, 0.1) is 23.0 Å². The molecular formula is C17H20N4OS. The van der Waals surface area contributed by atoms with Gasteiger partial charge in [-0.25, -0.2) is 4.98 Å². The smallest absolute Gasteiger partial charge is 0.186 e. The van der Waals surface area contributed by atoms with Crippen LogP contribution in [-0.4, -0.2) is 34.5 Å².